The van der Waals surface area contributed by atoms with Crippen molar-refractivity contribution >= 4 is 27.8 Å². The molecule has 0 radical (unpaired) electrons. The minimum Gasteiger partial charge on any atom is -0.497 e. The van der Waals surface area contributed by atoms with Gasteiger partial charge in [0.25, 0.3) is 5.56 Å². The summed E-state index contributed by atoms with van der Waals surface area (Å²) in [6.45, 7) is 0.624. The molecule has 0 fully saturated rings. The molecule has 32 heavy (non-hydrogen) atoms. The summed E-state index contributed by atoms with van der Waals surface area (Å²) in [5.74, 6) is 1.72. The van der Waals surface area contributed by atoms with Gasteiger partial charge in [-0.05, 0) is 23.8 Å². The lowest BCUT2D eigenvalue weighted by Gasteiger charge is -2.08. The lowest BCUT2D eigenvalue weighted by atomic mass is 10.2. The van der Waals surface area contributed by atoms with Gasteiger partial charge in [-0.3, -0.25) is 14.2 Å². The van der Waals surface area contributed by atoms with Crippen molar-refractivity contribution in [2.24, 2.45) is 0 Å². The highest BCUT2D eigenvalue weighted by atomic mass is 16.5. The summed E-state index contributed by atoms with van der Waals surface area (Å²) in [6.07, 6.45) is 1.62. The van der Waals surface area contributed by atoms with Crippen molar-refractivity contribution < 1.29 is 19.0 Å². The number of carbonyl (C=O) groups is 1. The van der Waals surface area contributed by atoms with Crippen molar-refractivity contribution in [3.05, 3.63) is 58.6 Å². The van der Waals surface area contributed by atoms with Crippen molar-refractivity contribution in [3.8, 4) is 17.2 Å². The average Bonchev–Trinajstić information content (AvgIpc) is 3.20. The Morgan fingerprint density at radius 2 is 1.78 bits per heavy atom. The predicted molar refractivity (Wildman–Crippen MR) is 120 cm³/mol. The molecule has 0 spiro atoms. The van der Waals surface area contributed by atoms with E-state index in [2.05, 4.69) is 15.3 Å². The summed E-state index contributed by atoms with van der Waals surface area (Å²) in [4.78, 5) is 32.8. The molecule has 2 heterocycles. The van der Waals surface area contributed by atoms with Crippen LogP contribution in [0.15, 0.2) is 47.5 Å². The van der Waals surface area contributed by atoms with Gasteiger partial charge in [-0.2, -0.15) is 0 Å². The Morgan fingerprint density at radius 1 is 1.06 bits per heavy atom. The van der Waals surface area contributed by atoms with Crippen LogP contribution in [0, 0.1) is 0 Å². The molecule has 0 bridgehead atoms. The molecule has 4 rings (SSSR count). The largest absolute Gasteiger partial charge is 0.497 e. The second-order valence-electron chi connectivity index (χ2n) is 7.22. The first-order valence-corrected chi connectivity index (χ1v) is 10.1. The zero-order chi connectivity index (χ0) is 22.7. The number of hydrogen-bond donors (Lipinski definition) is 2. The van der Waals surface area contributed by atoms with Gasteiger partial charge in [0, 0.05) is 31.0 Å². The van der Waals surface area contributed by atoms with Gasteiger partial charge in [0.15, 0.2) is 11.5 Å². The van der Waals surface area contributed by atoms with E-state index < -0.39 is 0 Å². The number of fused-ring (bicyclic) bond motifs is 3. The minimum atomic E-state index is -0.243. The minimum absolute atomic E-state index is 0.154. The molecule has 4 aromatic rings. The Bertz CT molecular complexity index is 1320. The summed E-state index contributed by atoms with van der Waals surface area (Å²) in [5, 5.41) is 3.62. The molecular formula is C23H24N4O5. The fourth-order valence-electron chi connectivity index (χ4n) is 3.53. The van der Waals surface area contributed by atoms with Crippen molar-refractivity contribution in [1.82, 2.24) is 19.9 Å². The first-order valence-electron chi connectivity index (χ1n) is 10.1. The number of ether oxygens (including phenoxy) is 3. The number of aryl methyl sites for hydroxylation is 1. The normalized spacial score (nSPS) is 11.0. The smallest absolute Gasteiger partial charge is 0.277 e. The highest BCUT2D eigenvalue weighted by Gasteiger charge is 2.15. The Labute approximate surface area is 183 Å². The van der Waals surface area contributed by atoms with Crippen molar-refractivity contribution in [3.63, 3.8) is 0 Å². The lowest BCUT2D eigenvalue weighted by molar-refractivity contribution is -0.121. The van der Waals surface area contributed by atoms with E-state index in [1.54, 1.807) is 33.5 Å². The number of amides is 1. The summed E-state index contributed by atoms with van der Waals surface area (Å²) in [7, 11) is 4.71. The number of hydrogen-bond acceptors (Lipinski definition) is 6. The number of carbonyl (C=O) groups excluding carboxylic acids is 1. The van der Waals surface area contributed by atoms with Gasteiger partial charge in [0.05, 0.1) is 33.2 Å². The Hall–Kier alpha value is -4.01. The van der Waals surface area contributed by atoms with E-state index in [0.717, 1.165) is 22.2 Å². The molecule has 0 aliphatic heterocycles. The van der Waals surface area contributed by atoms with Gasteiger partial charge < -0.3 is 24.5 Å². The summed E-state index contributed by atoms with van der Waals surface area (Å²) in [5.41, 5.74) is 2.36. The van der Waals surface area contributed by atoms with Gasteiger partial charge in [0.2, 0.25) is 5.91 Å². The van der Waals surface area contributed by atoms with Crippen LogP contribution in [0.5, 0.6) is 17.2 Å². The van der Waals surface area contributed by atoms with E-state index in [-0.39, 0.29) is 24.4 Å². The molecular weight excluding hydrogens is 412 g/mol. The molecule has 2 aromatic heterocycles. The highest BCUT2D eigenvalue weighted by Crippen LogP contribution is 2.34. The number of nitrogens with one attached hydrogen (secondary N) is 2. The zero-order valence-corrected chi connectivity index (χ0v) is 18.1. The molecule has 9 nitrogen and oxygen atoms in total. The number of rotatable bonds is 8. The van der Waals surface area contributed by atoms with Gasteiger partial charge in [0.1, 0.15) is 16.8 Å². The summed E-state index contributed by atoms with van der Waals surface area (Å²) >= 11 is 0. The van der Waals surface area contributed by atoms with Crippen LogP contribution in [0.2, 0.25) is 0 Å². The third kappa shape index (κ3) is 4.09. The Balaban J connectivity index is 1.48. The number of methoxy groups -OCH3 is 3. The lowest BCUT2D eigenvalue weighted by Crippen LogP contribution is -2.27. The van der Waals surface area contributed by atoms with Gasteiger partial charge in [-0.15, -0.1) is 0 Å². The van der Waals surface area contributed by atoms with Crippen molar-refractivity contribution in [2.45, 2.75) is 19.5 Å². The number of aromatic nitrogens is 3. The molecule has 2 aromatic carbocycles. The molecule has 2 N–H and O–H groups in total. The third-order valence-electron chi connectivity index (χ3n) is 5.30. The monoisotopic (exact) mass is 436 g/mol. The maximum Gasteiger partial charge on any atom is 0.277 e. The molecule has 0 aliphatic rings. The van der Waals surface area contributed by atoms with E-state index in [4.69, 9.17) is 14.2 Å². The molecule has 0 saturated carbocycles. The van der Waals surface area contributed by atoms with Crippen molar-refractivity contribution in [1.29, 1.82) is 0 Å². The predicted octanol–water partition coefficient (Wildman–Crippen LogP) is 2.61. The molecule has 9 heteroatoms. The van der Waals surface area contributed by atoms with Crippen LogP contribution >= 0.6 is 0 Å². The first-order chi connectivity index (χ1) is 15.5. The van der Waals surface area contributed by atoms with Crippen LogP contribution in [0.4, 0.5) is 0 Å². The first kappa shape index (κ1) is 21.2. The van der Waals surface area contributed by atoms with Gasteiger partial charge in [-0.25, -0.2) is 4.98 Å². The fraction of sp³-hybridized carbons (Fsp3) is 0.261. The van der Waals surface area contributed by atoms with E-state index in [0.29, 0.717) is 29.1 Å². The van der Waals surface area contributed by atoms with E-state index in [1.165, 1.54) is 10.9 Å². The Kier molecular flexibility index (Phi) is 5.98. The van der Waals surface area contributed by atoms with E-state index >= 15 is 0 Å². The molecule has 0 aliphatic carbocycles. The molecule has 166 valence electrons. The topological polar surface area (TPSA) is 107 Å². The molecule has 0 saturated heterocycles. The van der Waals surface area contributed by atoms with E-state index in [9.17, 15) is 9.59 Å². The second kappa shape index (κ2) is 9.01. The maximum absolute atomic E-state index is 12.9. The van der Waals surface area contributed by atoms with Gasteiger partial charge >= 0.3 is 0 Å². The SMILES string of the molecule is COc1ccc(CNC(=O)CCn2cnc3c([nH]c4cc(OC)c(OC)cc43)c2=O)cc1. The highest BCUT2D eigenvalue weighted by molar-refractivity contribution is 6.05. The number of aromatic amines is 1. The molecule has 1 amide bonds. The standard InChI is InChI=1S/C23H24N4O5/c1-30-15-6-4-14(5-7-15)12-24-20(28)8-9-27-13-25-21-16-10-18(31-2)19(32-3)11-17(16)26-22(21)23(27)29/h4-7,10-11,13,26H,8-9,12H2,1-3H3,(H,24,28). The zero-order valence-electron chi connectivity index (χ0n) is 18.1. The Morgan fingerprint density at radius 3 is 2.47 bits per heavy atom. The quantitative estimate of drug-likeness (QED) is 0.440. The summed E-state index contributed by atoms with van der Waals surface area (Å²) in [6, 6.07) is 11.0. The van der Waals surface area contributed by atoms with Crippen molar-refractivity contribution in [2.75, 3.05) is 21.3 Å². The van der Waals surface area contributed by atoms with Crippen LogP contribution < -0.4 is 25.1 Å². The van der Waals surface area contributed by atoms with Crippen LogP contribution in [-0.4, -0.2) is 41.8 Å². The second-order valence-corrected chi connectivity index (χ2v) is 7.22. The third-order valence-corrected chi connectivity index (χ3v) is 5.30. The summed E-state index contributed by atoms with van der Waals surface area (Å²) < 4.78 is 17.2. The van der Waals surface area contributed by atoms with E-state index in [1.807, 2.05) is 24.3 Å². The number of nitrogens with zero attached hydrogens (tertiary/aromatic N) is 2. The van der Waals surface area contributed by atoms with Crippen LogP contribution in [0.25, 0.3) is 21.9 Å². The van der Waals surface area contributed by atoms with Crippen LogP contribution in [0.3, 0.4) is 0 Å². The maximum atomic E-state index is 12.9. The number of benzene rings is 2. The number of H-pyrrole nitrogens is 1. The average molecular weight is 436 g/mol. The van der Waals surface area contributed by atoms with Crippen LogP contribution in [-0.2, 0) is 17.9 Å². The fourth-order valence-corrected chi connectivity index (χ4v) is 3.53. The van der Waals surface area contributed by atoms with Crippen LogP contribution in [0.1, 0.15) is 12.0 Å². The molecule has 0 atom stereocenters. The van der Waals surface area contributed by atoms with Gasteiger partial charge in [-0.1, -0.05) is 12.1 Å². The molecule has 0 unspecified atom stereocenters.